The summed E-state index contributed by atoms with van der Waals surface area (Å²) < 4.78 is 5.34. The molecule has 1 nitrogen and oxygen atoms in total. The zero-order valence-corrected chi connectivity index (χ0v) is 6.58. The van der Waals surface area contributed by atoms with Crippen molar-refractivity contribution in [3.8, 4) is 0 Å². The molecule has 0 aromatic rings. The third-order valence-electron chi connectivity index (χ3n) is 1.40. The summed E-state index contributed by atoms with van der Waals surface area (Å²) in [5.74, 6) is 2.63. The maximum absolute atomic E-state index is 5.34. The van der Waals surface area contributed by atoms with Crippen LogP contribution < -0.4 is 0 Å². The first-order chi connectivity index (χ1) is 4.50. The van der Waals surface area contributed by atoms with Crippen LogP contribution in [0.1, 0.15) is 19.3 Å². The van der Waals surface area contributed by atoms with Crippen LogP contribution in [0.15, 0.2) is 0 Å². The zero-order valence-electron chi connectivity index (χ0n) is 5.77. The Morgan fingerprint density at radius 1 is 0.889 bits per heavy atom. The van der Waals surface area contributed by atoms with Gasteiger partial charge in [-0.3, -0.25) is 0 Å². The molecule has 0 amide bonds. The third kappa shape index (κ3) is 3.82. The van der Waals surface area contributed by atoms with E-state index in [2.05, 4.69) is 11.8 Å². The van der Waals surface area contributed by atoms with E-state index in [-0.39, 0.29) is 0 Å². The molecule has 0 saturated carbocycles. The molecule has 54 valence electrons. The molecular formula is C7H14OS. The Balaban J connectivity index is 2.02. The number of thioether (sulfide) groups is 1. The first-order valence-corrected chi connectivity index (χ1v) is 4.81. The maximum Gasteiger partial charge on any atom is 0.0473 e. The van der Waals surface area contributed by atoms with Gasteiger partial charge in [-0.15, -0.1) is 0 Å². The Hall–Kier alpha value is 0.310. The lowest BCUT2D eigenvalue weighted by molar-refractivity contribution is 0.133. The fourth-order valence-corrected chi connectivity index (χ4v) is 1.81. The van der Waals surface area contributed by atoms with E-state index in [1.807, 2.05) is 0 Å². The average Bonchev–Trinajstić information content (AvgIpc) is 2.00. The predicted molar refractivity (Wildman–Crippen MR) is 42.0 cm³/mol. The number of hydrogen-bond donors (Lipinski definition) is 0. The standard InChI is InChI=1S/C7H14OS/c1-2-6-9-7-3-5-8-4-1/h1-7H2. The van der Waals surface area contributed by atoms with Crippen molar-refractivity contribution in [2.24, 2.45) is 0 Å². The lowest BCUT2D eigenvalue weighted by atomic mass is 10.4. The summed E-state index contributed by atoms with van der Waals surface area (Å²) in [6, 6.07) is 0. The molecule has 1 aliphatic heterocycles. The van der Waals surface area contributed by atoms with Crippen LogP contribution in [-0.4, -0.2) is 24.7 Å². The van der Waals surface area contributed by atoms with E-state index in [0.29, 0.717) is 0 Å². The molecule has 1 fully saturated rings. The van der Waals surface area contributed by atoms with Gasteiger partial charge in [0.05, 0.1) is 0 Å². The highest BCUT2D eigenvalue weighted by atomic mass is 32.2. The van der Waals surface area contributed by atoms with Crippen molar-refractivity contribution >= 4 is 11.8 Å². The van der Waals surface area contributed by atoms with Crippen molar-refractivity contribution in [3.05, 3.63) is 0 Å². The molecule has 1 saturated heterocycles. The van der Waals surface area contributed by atoms with Crippen molar-refractivity contribution in [1.29, 1.82) is 0 Å². The molecule has 0 aromatic heterocycles. The molecule has 0 radical (unpaired) electrons. The lowest BCUT2D eigenvalue weighted by Gasteiger charge is -1.97. The van der Waals surface area contributed by atoms with E-state index in [4.69, 9.17) is 4.74 Å². The highest BCUT2D eigenvalue weighted by Crippen LogP contribution is 2.08. The van der Waals surface area contributed by atoms with Gasteiger partial charge in [0.15, 0.2) is 0 Å². The zero-order chi connectivity index (χ0) is 6.36. The Morgan fingerprint density at radius 2 is 1.67 bits per heavy atom. The van der Waals surface area contributed by atoms with Crippen LogP contribution in [-0.2, 0) is 4.74 Å². The molecule has 1 heterocycles. The second-order valence-electron chi connectivity index (χ2n) is 2.29. The van der Waals surface area contributed by atoms with Gasteiger partial charge in [-0.05, 0) is 30.8 Å². The second kappa shape index (κ2) is 5.12. The predicted octanol–water partition coefficient (Wildman–Crippen LogP) is 1.92. The minimum absolute atomic E-state index is 0.979. The molecule has 0 aromatic carbocycles. The van der Waals surface area contributed by atoms with E-state index in [1.54, 1.807) is 0 Å². The van der Waals surface area contributed by atoms with Gasteiger partial charge in [-0.1, -0.05) is 0 Å². The van der Waals surface area contributed by atoms with E-state index in [1.165, 1.54) is 30.8 Å². The van der Waals surface area contributed by atoms with Gasteiger partial charge in [0.1, 0.15) is 0 Å². The molecule has 0 N–H and O–H groups in total. The summed E-state index contributed by atoms with van der Waals surface area (Å²) in [4.78, 5) is 0. The van der Waals surface area contributed by atoms with E-state index >= 15 is 0 Å². The SMILES string of the molecule is C1CCSCCCOC1. The summed E-state index contributed by atoms with van der Waals surface area (Å²) in [7, 11) is 0. The Labute approximate surface area is 61.2 Å². The summed E-state index contributed by atoms with van der Waals surface area (Å²) >= 11 is 2.06. The van der Waals surface area contributed by atoms with Crippen LogP contribution in [0.5, 0.6) is 0 Å². The second-order valence-corrected chi connectivity index (χ2v) is 3.51. The molecule has 0 aliphatic carbocycles. The van der Waals surface area contributed by atoms with Crippen molar-refractivity contribution in [2.75, 3.05) is 24.7 Å². The Bertz CT molecular complexity index is 37.4. The van der Waals surface area contributed by atoms with Gasteiger partial charge in [0.25, 0.3) is 0 Å². The summed E-state index contributed by atoms with van der Waals surface area (Å²) in [6.07, 6.45) is 3.84. The number of hydrogen-bond acceptors (Lipinski definition) is 2. The van der Waals surface area contributed by atoms with Gasteiger partial charge >= 0.3 is 0 Å². The van der Waals surface area contributed by atoms with Crippen molar-refractivity contribution < 1.29 is 4.74 Å². The van der Waals surface area contributed by atoms with Gasteiger partial charge in [-0.25, -0.2) is 0 Å². The van der Waals surface area contributed by atoms with E-state index in [9.17, 15) is 0 Å². The molecular weight excluding hydrogens is 132 g/mol. The van der Waals surface area contributed by atoms with Gasteiger partial charge < -0.3 is 4.74 Å². The third-order valence-corrected chi connectivity index (χ3v) is 2.56. The molecule has 0 spiro atoms. The average molecular weight is 146 g/mol. The molecule has 1 aliphatic rings. The van der Waals surface area contributed by atoms with E-state index < -0.39 is 0 Å². The Morgan fingerprint density at radius 3 is 2.67 bits per heavy atom. The summed E-state index contributed by atoms with van der Waals surface area (Å²) in [5, 5.41) is 0. The van der Waals surface area contributed by atoms with Crippen LogP contribution in [0.2, 0.25) is 0 Å². The van der Waals surface area contributed by atoms with Crippen molar-refractivity contribution in [3.63, 3.8) is 0 Å². The Kier molecular flexibility index (Phi) is 4.22. The first-order valence-electron chi connectivity index (χ1n) is 3.65. The van der Waals surface area contributed by atoms with Crippen molar-refractivity contribution in [1.82, 2.24) is 0 Å². The minimum atomic E-state index is 0.979. The van der Waals surface area contributed by atoms with Crippen LogP contribution in [0.3, 0.4) is 0 Å². The fraction of sp³-hybridized carbons (Fsp3) is 1.00. The summed E-state index contributed by atoms with van der Waals surface area (Å²) in [5.41, 5.74) is 0. The quantitative estimate of drug-likeness (QED) is 0.516. The topological polar surface area (TPSA) is 9.23 Å². The summed E-state index contributed by atoms with van der Waals surface area (Å²) in [6.45, 7) is 1.97. The fourth-order valence-electron chi connectivity index (χ4n) is 0.875. The molecule has 0 atom stereocenters. The van der Waals surface area contributed by atoms with Crippen LogP contribution in [0, 0.1) is 0 Å². The molecule has 1 rings (SSSR count). The molecule has 0 bridgehead atoms. The van der Waals surface area contributed by atoms with Gasteiger partial charge in [0, 0.05) is 13.2 Å². The van der Waals surface area contributed by atoms with Gasteiger partial charge in [-0.2, -0.15) is 11.8 Å². The van der Waals surface area contributed by atoms with Crippen LogP contribution in [0.4, 0.5) is 0 Å². The van der Waals surface area contributed by atoms with Gasteiger partial charge in [0.2, 0.25) is 0 Å². The highest BCUT2D eigenvalue weighted by Gasteiger charge is 1.95. The molecule has 0 unspecified atom stereocenters. The number of ether oxygens (including phenoxy) is 1. The minimum Gasteiger partial charge on any atom is -0.381 e. The van der Waals surface area contributed by atoms with Crippen molar-refractivity contribution in [2.45, 2.75) is 19.3 Å². The normalized spacial score (nSPS) is 24.0. The highest BCUT2D eigenvalue weighted by molar-refractivity contribution is 7.99. The molecule has 2 heteroatoms. The smallest absolute Gasteiger partial charge is 0.0473 e. The largest absolute Gasteiger partial charge is 0.381 e. The number of rotatable bonds is 0. The first kappa shape index (κ1) is 7.42. The maximum atomic E-state index is 5.34. The lowest BCUT2D eigenvalue weighted by Crippen LogP contribution is -1.95. The molecule has 9 heavy (non-hydrogen) atoms. The van der Waals surface area contributed by atoms with E-state index in [0.717, 1.165) is 13.2 Å². The monoisotopic (exact) mass is 146 g/mol. The van der Waals surface area contributed by atoms with Crippen LogP contribution >= 0.6 is 11.8 Å². The van der Waals surface area contributed by atoms with Crippen LogP contribution in [0.25, 0.3) is 0 Å².